The maximum Gasteiger partial charge on any atom is 0.164 e. The summed E-state index contributed by atoms with van der Waals surface area (Å²) in [5, 5.41) is 1.05. The number of aromatic nitrogens is 2. The van der Waals surface area contributed by atoms with Gasteiger partial charge in [0.15, 0.2) is 5.82 Å². The summed E-state index contributed by atoms with van der Waals surface area (Å²) in [6.07, 6.45) is 0. The van der Waals surface area contributed by atoms with Gasteiger partial charge in [0.05, 0.1) is 11.1 Å². The molecule has 100 valence electrons. The van der Waals surface area contributed by atoms with Crippen LogP contribution in [0.25, 0.3) is 22.3 Å². The summed E-state index contributed by atoms with van der Waals surface area (Å²) in [6, 6.07) is 10.4. The fourth-order valence-electron chi connectivity index (χ4n) is 2.01. The zero-order valence-electron chi connectivity index (χ0n) is 10.5. The summed E-state index contributed by atoms with van der Waals surface area (Å²) in [5.41, 5.74) is 1.96. The second-order valence-electron chi connectivity index (χ2n) is 4.46. The smallest absolute Gasteiger partial charge is 0.164 e. The molecule has 3 rings (SSSR count). The van der Waals surface area contributed by atoms with Crippen LogP contribution >= 0.6 is 27.5 Å². The van der Waals surface area contributed by atoms with Crippen LogP contribution in [-0.4, -0.2) is 9.97 Å². The van der Waals surface area contributed by atoms with Gasteiger partial charge in [0.1, 0.15) is 11.0 Å². The fraction of sp³-hybridized carbons (Fsp3) is 0.0667. The Morgan fingerprint density at radius 2 is 1.95 bits per heavy atom. The third-order valence-electron chi connectivity index (χ3n) is 2.99. The Labute approximate surface area is 128 Å². The molecule has 3 aromatic rings. The molecule has 2 aromatic carbocycles. The quantitative estimate of drug-likeness (QED) is 0.566. The first-order valence-electron chi connectivity index (χ1n) is 5.94. The molecule has 0 amide bonds. The minimum Gasteiger partial charge on any atom is -0.227 e. The standard InChI is InChI=1S/C15H9BrClFN2/c1-8-5-6-12(18)10(7-8)15-19-13-9(14(17)20-15)3-2-4-11(13)16/h2-7H,1H3. The Bertz CT molecular complexity index is 820. The Morgan fingerprint density at radius 1 is 1.15 bits per heavy atom. The molecule has 0 aliphatic rings. The van der Waals surface area contributed by atoms with Crippen LogP contribution in [0.1, 0.15) is 5.56 Å². The lowest BCUT2D eigenvalue weighted by Gasteiger charge is -2.07. The molecule has 1 heterocycles. The number of aryl methyl sites for hydroxylation is 1. The van der Waals surface area contributed by atoms with Gasteiger partial charge >= 0.3 is 0 Å². The highest BCUT2D eigenvalue weighted by Gasteiger charge is 2.13. The Morgan fingerprint density at radius 3 is 2.75 bits per heavy atom. The molecule has 0 unspecified atom stereocenters. The van der Waals surface area contributed by atoms with Crippen LogP contribution < -0.4 is 0 Å². The van der Waals surface area contributed by atoms with Gasteiger partial charge in [-0.15, -0.1) is 0 Å². The first-order chi connectivity index (χ1) is 9.56. The van der Waals surface area contributed by atoms with Crippen molar-refractivity contribution in [3.8, 4) is 11.4 Å². The average Bonchev–Trinajstić information content (AvgIpc) is 2.42. The van der Waals surface area contributed by atoms with Crippen molar-refractivity contribution < 1.29 is 4.39 Å². The molecular weight excluding hydrogens is 343 g/mol. The van der Waals surface area contributed by atoms with Crippen molar-refractivity contribution in [2.24, 2.45) is 0 Å². The van der Waals surface area contributed by atoms with Gasteiger partial charge in [-0.25, -0.2) is 14.4 Å². The summed E-state index contributed by atoms with van der Waals surface area (Å²) < 4.78 is 14.8. The summed E-state index contributed by atoms with van der Waals surface area (Å²) in [7, 11) is 0. The van der Waals surface area contributed by atoms with Crippen molar-refractivity contribution >= 4 is 38.4 Å². The van der Waals surface area contributed by atoms with Crippen LogP contribution in [0.5, 0.6) is 0 Å². The van der Waals surface area contributed by atoms with Crippen LogP contribution in [-0.2, 0) is 0 Å². The molecule has 0 radical (unpaired) electrons. The first-order valence-corrected chi connectivity index (χ1v) is 7.11. The van der Waals surface area contributed by atoms with E-state index in [1.165, 1.54) is 6.07 Å². The molecule has 0 N–H and O–H groups in total. The number of benzene rings is 2. The molecule has 5 heteroatoms. The molecule has 0 spiro atoms. The molecule has 0 fully saturated rings. The van der Waals surface area contributed by atoms with E-state index in [9.17, 15) is 4.39 Å². The van der Waals surface area contributed by atoms with Crippen molar-refractivity contribution in [1.82, 2.24) is 9.97 Å². The van der Waals surface area contributed by atoms with Gasteiger partial charge in [-0.2, -0.15) is 0 Å². The number of hydrogen-bond donors (Lipinski definition) is 0. The number of fused-ring (bicyclic) bond motifs is 1. The third-order valence-corrected chi connectivity index (χ3v) is 3.92. The third kappa shape index (κ3) is 2.30. The fourth-order valence-corrected chi connectivity index (χ4v) is 2.70. The van der Waals surface area contributed by atoms with Crippen LogP contribution in [0.2, 0.25) is 5.15 Å². The van der Waals surface area contributed by atoms with Crippen molar-refractivity contribution in [2.45, 2.75) is 6.92 Å². The van der Waals surface area contributed by atoms with E-state index < -0.39 is 0 Å². The van der Waals surface area contributed by atoms with Gasteiger partial charge < -0.3 is 0 Å². The molecule has 0 atom stereocenters. The van der Waals surface area contributed by atoms with Crippen LogP contribution in [0.3, 0.4) is 0 Å². The highest BCUT2D eigenvalue weighted by atomic mass is 79.9. The molecule has 0 aliphatic heterocycles. The summed E-state index contributed by atoms with van der Waals surface area (Å²) in [4.78, 5) is 8.63. The SMILES string of the molecule is Cc1ccc(F)c(-c2nc(Cl)c3cccc(Br)c3n2)c1. The van der Waals surface area contributed by atoms with Crippen LogP contribution in [0.4, 0.5) is 4.39 Å². The molecule has 0 bridgehead atoms. The Hall–Kier alpha value is -1.52. The maximum absolute atomic E-state index is 14.0. The highest BCUT2D eigenvalue weighted by Crippen LogP contribution is 2.30. The van der Waals surface area contributed by atoms with E-state index in [2.05, 4.69) is 25.9 Å². The minimum atomic E-state index is -0.363. The second kappa shape index (κ2) is 5.11. The Kier molecular flexibility index (Phi) is 3.44. The predicted molar refractivity (Wildman–Crippen MR) is 82.4 cm³/mol. The number of para-hydroxylation sites is 1. The molecular formula is C15H9BrClFN2. The first kappa shape index (κ1) is 13.5. The van der Waals surface area contributed by atoms with E-state index in [0.29, 0.717) is 16.2 Å². The number of nitrogens with zero attached hydrogens (tertiary/aromatic N) is 2. The van der Waals surface area contributed by atoms with Gasteiger partial charge in [-0.3, -0.25) is 0 Å². The van der Waals surface area contributed by atoms with Crippen molar-refractivity contribution in [3.05, 3.63) is 57.4 Å². The largest absolute Gasteiger partial charge is 0.227 e. The van der Waals surface area contributed by atoms with E-state index >= 15 is 0 Å². The van der Waals surface area contributed by atoms with Gasteiger partial charge in [0.2, 0.25) is 0 Å². The van der Waals surface area contributed by atoms with Crippen LogP contribution in [0.15, 0.2) is 40.9 Å². The van der Waals surface area contributed by atoms with Crippen molar-refractivity contribution in [1.29, 1.82) is 0 Å². The van der Waals surface area contributed by atoms with Crippen molar-refractivity contribution in [2.75, 3.05) is 0 Å². The average molecular weight is 352 g/mol. The van der Waals surface area contributed by atoms with E-state index in [1.54, 1.807) is 12.1 Å². The lowest BCUT2D eigenvalue weighted by Crippen LogP contribution is -1.95. The molecule has 0 saturated heterocycles. The summed E-state index contributed by atoms with van der Waals surface area (Å²) in [5.74, 6) is -0.0753. The molecule has 0 saturated carbocycles. The zero-order valence-corrected chi connectivity index (χ0v) is 12.8. The minimum absolute atomic E-state index is 0.288. The summed E-state index contributed by atoms with van der Waals surface area (Å²) >= 11 is 9.61. The van der Waals surface area contributed by atoms with Gasteiger partial charge in [0, 0.05) is 9.86 Å². The zero-order chi connectivity index (χ0) is 14.3. The Balaban J connectivity index is 2.32. The summed E-state index contributed by atoms with van der Waals surface area (Å²) in [6.45, 7) is 1.89. The molecule has 2 nitrogen and oxygen atoms in total. The topological polar surface area (TPSA) is 25.8 Å². The molecule has 1 aromatic heterocycles. The lowest BCUT2D eigenvalue weighted by molar-refractivity contribution is 0.629. The second-order valence-corrected chi connectivity index (χ2v) is 5.67. The van der Waals surface area contributed by atoms with E-state index in [0.717, 1.165) is 15.4 Å². The molecule has 20 heavy (non-hydrogen) atoms. The predicted octanol–water partition coefficient (Wildman–Crippen LogP) is 5.16. The van der Waals surface area contributed by atoms with E-state index in [-0.39, 0.29) is 11.6 Å². The van der Waals surface area contributed by atoms with Crippen molar-refractivity contribution in [3.63, 3.8) is 0 Å². The maximum atomic E-state index is 14.0. The van der Waals surface area contributed by atoms with Crippen LogP contribution in [0, 0.1) is 12.7 Å². The van der Waals surface area contributed by atoms with E-state index in [1.807, 2.05) is 25.1 Å². The monoisotopic (exact) mass is 350 g/mol. The number of hydrogen-bond acceptors (Lipinski definition) is 2. The van der Waals surface area contributed by atoms with Gasteiger partial charge in [0.25, 0.3) is 0 Å². The highest BCUT2D eigenvalue weighted by molar-refractivity contribution is 9.10. The normalized spacial score (nSPS) is 11.0. The number of rotatable bonds is 1. The van der Waals surface area contributed by atoms with Gasteiger partial charge in [-0.05, 0) is 47.1 Å². The van der Waals surface area contributed by atoms with E-state index in [4.69, 9.17) is 11.6 Å². The lowest BCUT2D eigenvalue weighted by atomic mass is 10.1. The van der Waals surface area contributed by atoms with Gasteiger partial charge in [-0.1, -0.05) is 29.3 Å². The number of halogens is 3. The molecule has 0 aliphatic carbocycles.